The summed E-state index contributed by atoms with van der Waals surface area (Å²) in [7, 11) is -2.96. The number of sulfone groups is 1. The summed E-state index contributed by atoms with van der Waals surface area (Å²) in [4.78, 5) is 17.7. The summed E-state index contributed by atoms with van der Waals surface area (Å²) in [6.07, 6.45) is 1.62. The molecule has 0 saturated carbocycles. The summed E-state index contributed by atoms with van der Waals surface area (Å²) < 4.78 is 23.1. The fourth-order valence-corrected chi connectivity index (χ4v) is 3.77. The summed E-state index contributed by atoms with van der Waals surface area (Å²) in [6.45, 7) is 3.72. The van der Waals surface area contributed by atoms with E-state index in [0.29, 0.717) is 17.9 Å². The molecule has 0 spiro atoms. The van der Waals surface area contributed by atoms with Crippen molar-refractivity contribution in [2.75, 3.05) is 23.0 Å². The zero-order valence-electron chi connectivity index (χ0n) is 10.5. The van der Waals surface area contributed by atoms with Crippen LogP contribution in [-0.2, 0) is 9.84 Å². The van der Waals surface area contributed by atoms with E-state index >= 15 is 0 Å². The number of ketones is 1. The highest BCUT2D eigenvalue weighted by Gasteiger charge is 2.30. The second-order valence-corrected chi connectivity index (χ2v) is 6.82. The fourth-order valence-electron chi connectivity index (χ4n) is 2.21. The monoisotopic (exact) mass is 268 g/mol. The van der Waals surface area contributed by atoms with Crippen LogP contribution in [0.4, 0.5) is 5.82 Å². The van der Waals surface area contributed by atoms with Crippen molar-refractivity contribution < 1.29 is 13.2 Å². The number of pyridine rings is 1. The molecule has 5 nitrogen and oxygen atoms in total. The van der Waals surface area contributed by atoms with Crippen LogP contribution in [0.3, 0.4) is 0 Å². The van der Waals surface area contributed by atoms with Crippen LogP contribution in [-0.4, -0.2) is 43.3 Å². The lowest BCUT2D eigenvalue weighted by Crippen LogP contribution is -2.47. The normalized spacial score (nSPS) is 22.8. The summed E-state index contributed by atoms with van der Waals surface area (Å²) in [5.74, 6) is 0.762. The largest absolute Gasteiger partial charge is 0.351 e. The van der Waals surface area contributed by atoms with Crippen molar-refractivity contribution in [3.8, 4) is 0 Å². The lowest BCUT2D eigenvalue weighted by Gasteiger charge is -2.34. The minimum atomic E-state index is -2.96. The van der Waals surface area contributed by atoms with Gasteiger partial charge in [0, 0.05) is 18.8 Å². The molecule has 1 atom stereocenters. The van der Waals surface area contributed by atoms with Gasteiger partial charge in [-0.1, -0.05) is 0 Å². The molecule has 1 unspecified atom stereocenters. The fraction of sp³-hybridized carbons (Fsp3) is 0.500. The molecule has 0 N–H and O–H groups in total. The van der Waals surface area contributed by atoms with E-state index in [9.17, 15) is 13.2 Å². The average molecular weight is 268 g/mol. The summed E-state index contributed by atoms with van der Waals surface area (Å²) in [6, 6.07) is 3.28. The quantitative estimate of drug-likeness (QED) is 0.746. The zero-order valence-corrected chi connectivity index (χ0v) is 11.3. The molecule has 6 heteroatoms. The number of rotatable bonds is 2. The van der Waals surface area contributed by atoms with Gasteiger partial charge in [-0.25, -0.2) is 13.4 Å². The highest BCUT2D eigenvalue weighted by Crippen LogP contribution is 2.23. The second kappa shape index (κ2) is 4.68. The number of aromatic nitrogens is 1. The van der Waals surface area contributed by atoms with Gasteiger partial charge in [0.1, 0.15) is 5.82 Å². The van der Waals surface area contributed by atoms with Gasteiger partial charge >= 0.3 is 0 Å². The molecule has 1 aliphatic heterocycles. The van der Waals surface area contributed by atoms with Crippen molar-refractivity contribution in [3.05, 3.63) is 23.9 Å². The minimum Gasteiger partial charge on any atom is -0.351 e. The van der Waals surface area contributed by atoms with E-state index in [1.807, 2.05) is 11.8 Å². The van der Waals surface area contributed by atoms with Crippen molar-refractivity contribution >= 4 is 21.4 Å². The maximum absolute atomic E-state index is 11.6. The van der Waals surface area contributed by atoms with Gasteiger partial charge in [-0.05, 0) is 26.0 Å². The van der Waals surface area contributed by atoms with Crippen molar-refractivity contribution in [2.24, 2.45) is 0 Å². The maximum Gasteiger partial charge on any atom is 0.163 e. The van der Waals surface area contributed by atoms with Crippen molar-refractivity contribution in [2.45, 2.75) is 19.9 Å². The van der Waals surface area contributed by atoms with Crippen LogP contribution in [0.2, 0.25) is 0 Å². The van der Waals surface area contributed by atoms with Gasteiger partial charge in [0.25, 0.3) is 0 Å². The van der Waals surface area contributed by atoms with Crippen molar-refractivity contribution in [1.29, 1.82) is 0 Å². The molecule has 0 radical (unpaired) electrons. The van der Waals surface area contributed by atoms with E-state index in [-0.39, 0.29) is 23.3 Å². The Kier molecular flexibility index (Phi) is 3.38. The number of Topliss-reactive ketones (excluding diaryl/α,β-unsaturated/α-hetero) is 1. The Balaban J connectivity index is 2.36. The van der Waals surface area contributed by atoms with Gasteiger partial charge in [-0.15, -0.1) is 0 Å². The molecular weight excluding hydrogens is 252 g/mol. The number of nitrogens with zero attached hydrogens (tertiary/aromatic N) is 2. The predicted molar refractivity (Wildman–Crippen MR) is 69.7 cm³/mol. The van der Waals surface area contributed by atoms with Crippen LogP contribution in [0.5, 0.6) is 0 Å². The van der Waals surface area contributed by atoms with Crippen molar-refractivity contribution in [3.63, 3.8) is 0 Å². The van der Waals surface area contributed by atoms with E-state index in [1.54, 1.807) is 18.3 Å². The highest BCUT2D eigenvalue weighted by molar-refractivity contribution is 7.91. The lowest BCUT2D eigenvalue weighted by atomic mass is 10.1. The molecule has 2 rings (SSSR count). The molecule has 1 saturated heterocycles. The first-order valence-corrected chi connectivity index (χ1v) is 7.66. The Hall–Kier alpha value is -1.43. The standard InChI is InChI=1S/C12H16N2O3S/c1-9-8-18(16,17)7-6-14(9)12-11(10(2)15)4-3-5-13-12/h3-5,9H,6-8H2,1-2H3. The molecule has 0 bridgehead atoms. The number of hydrogen-bond donors (Lipinski definition) is 0. The summed E-state index contributed by atoms with van der Waals surface area (Å²) in [5, 5.41) is 0. The number of carbonyl (C=O) groups is 1. The first-order valence-electron chi connectivity index (χ1n) is 5.84. The summed E-state index contributed by atoms with van der Waals surface area (Å²) in [5.41, 5.74) is 0.545. The van der Waals surface area contributed by atoms with E-state index in [4.69, 9.17) is 0 Å². The van der Waals surface area contributed by atoms with Crippen molar-refractivity contribution in [1.82, 2.24) is 4.98 Å². The Labute approximate surface area is 107 Å². The van der Waals surface area contributed by atoms with E-state index in [0.717, 1.165) is 0 Å². The Morgan fingerprint density at radius 2 is 2.22 bits per heavy atom. The third kappa shape index (κ3) is 2.53. The molecule has 1 aromatic heterocycles. The van der Waals surface area contributed by atoms with Crippen LogP contribution < -0.4 is 4.90 Å². The lowest BCUT2D eigenvalue weighted by molar-refractivity contribution is 0.101. The summed E-state index contributed by atoms with van der Waals surface area (Å²) >= 11 is 0. The molecule has 0 aromatic carbocycles. The molecule has 18 heavy (non-hydrogen) atoms. The van der Waals surface area contributed by atoms with Gasteiger partial charge < -0.3 is 4.90 Å². The SMILES string of the molecule is CC(=O)c1cccnc1N1CCS(=O)(=O)CC1C. The highest BCUT2D eigenvalue weighted by atomic mass is 32.2. The Morgan fingerprint density at radius 3 is 2.83 bits per heavy atom. The van der Waals surface area contributed by atoms with E-state index in [1.165, 1.54) is 6.92 Å². The zero-order chi connectivity index (χ0) is 13.3. The van der Waals surface area contributed by atoms with Gasteiger partial charge in [-0.3, -0.25) is 4.79 Å². The smallest absolute Gasteiger partial charge is 0.163 e. The molecule has 1 aromatic rings. The second-order valence-electron chi connectivity index (χ2n) is 4.59. The van der Waals surface area contributed by atoms with Crippen LogP contribution in [0.1, 0.15) is 24.2 Å². The molecule has 0 amide bonds. The Morgan fingerprint density at radius 1 is 1.50 bits per heavy atom. The number of carbonyl (C=O) groups excluding carboxylic acids is 1. The third-order valence-corrected chi connectivity index (χ3v) is 4.90. The third-order valence-electron chi connectivity index (χ3n) is 3.11. The molecule has 98 valence electrons. The van der Waals surface area contributed by atoms with E-state index in [2.05, 4.69) is 4.98 Å². The minimum absolute atomic E-state index is 0.0567. The molecule has 1 fully saturated rings. The number of anilines is 1. The first-order chi connectivity index (χ1) is 8.41. The molecule has 0 aliphatic carbocycles. The van der Waals surface area contributed by atoms with Gasteiger partial charge in [-0.2, -0.15) is 0 Å². The predicted octanol–water partition coefficient (Wildman–Crippen LogP) is 0.908. The molecule has 1 aliphatic rings. The van der Waals surface area contributed by atoms with Crippen LogP contribution in [0.15, 0.2) is 18.3 Å². The van der Waals surface area contributed by atoms with Gasteiger partial charge in [0.05, 0.1) is 17.1 Å². The van der Waals surface area contributed by atoms with E-state index < -0.39 is 9.84 Å². The van der Waals surface area contributed by atoms with Crippen LogP contribution in [0, 0.1) is 0 Å². The van der Waals surface area contributed by atoms with Gasteiger partial charge in [0.15, 0.2) is 15.6 Å². The van der Waals surface area contributed by atoms with Crippen LogP contribution in [0.25, 0.3) is 0 Å². The molecule has 2 heterocycles. The van der Waals surface area contributed by atoms with Crippen LogP contribution >= 0.6 is 0 Å². The topological polar surface area (TPSA) is 67.3 Å². The Bertz CT molecular complexity index is 568. The average Bonchev–Trinajstić information content (AvgIpc) is 2.28. The van der Waals surface area contributed by atoms with Gasteiger partial charge in [0.2, 0.25) is 0 Å². The number of hydrogen-bond acceptors (Lipinski definition) is 5. The molecular formula is C12H16N2O3S. The maximum atomic E-state index is 11.6. The first kappa shape index (κ1) is 13.0.